The van der Waals surface area contributed by atoms with Gasteiger partial charge in [-0.15, -0.1) is 0 Å². The van der Waals surface area contributed by atoms with Crippen molar-refractivity contribution in [1.29, 1.82) is 0 Å². The van der Waals surface area contributed by atoms with Gasteiger partial charge < -0.3 is 10.5 Å². The average Bonchev–Trinajstić information content (AvgIpc) is 2.14. The van der Waals surface area contributed by atoms with E-state index in [4.69, 9.17) is 22.1 Å². The number of halogens is 2. The van der Waals surface area contributed by atoms with Crippen LogP contribution >= 0.6 is 11.6 Å². The fourth-order valence-corrected chi connectivity index (χ4v) is 1.22. The van der Waals surface area contributed by atoms with Crippen LogP contribution in [0, 0.1) is 5.82 Å². The van der Waals surface area contributed by atoms with Crippen molar-refractivity contribution in [3.8, 4) is 5.75 Å². The molecule has 0 saturated carbocycles. The van der Waals surface area contributed by atoms with Crippen molar-refractivity contribution in [3.63, 3.8) is 0 Å². The van der Waals surface area contributed by atoms with E-state index in [0.29, 0.717) is 10.8 Å². The molecule has 82 valence electrons. The summed E-state index contributed by atoms with van der Waals surface area (Å²) in [6, 6.07) is 4.02. The Morgan fingerprint density at radius 2 is 2.33 bits per heavy atom. The molecule has 1 aromatic carbocycles. The van der Waals surface area contributed by atoms with Crippen molar-refractivity contribution in [1.82, 2.24) is 0 Å². The first kappa shape index (κ1) is 12.0. The zero-order valence-corrected chi connectivity index (χ0v) is 9.22. The van der Waals surface area contributed by atoms with Gasteiger partial charge in [-0.05, 0) is 13.0 Å². The lowest BCUT2D eigenvalue weighted by molar-refractivity contribution is 0.351. The van der Waals surface area contributed by atoms with Crippen molar-refractivity contribution in [3.05, 3.63) is 41.2 Å². The van der Waals surface area contributed by atoms with E-state index in [2.05, 4.69) is 6.58 Å². The van der Waals surface area contributed by atoms with Crippen LogP contribution in [0.1, 0.15) is 18.5 Å². The Bertz CT molecular complexity index is 366. The van der Waals surface area contributed by atoms with Crippen LogP contribution in [-0.4, -0.2) is 6.61 Å². The monoisotopic (exact) mass is 229 g/mol. The number of ether oxygens (including phenoxy) is 1. The summed E-state index contributed by atoms with van der Waals surface area (Å²) in [5.41, 5.74) is 6.46. The van der Waals surface area contributed by atoms with Crippen LogP contribution in [0.3, 0.4) is 0 Å². The summed E-state index contributed by atoms with van der Waals surface area (Å²) in [6.45, 7) is 5.43. The molecule has 0 bridgehead atoms. The molecule has 0 aliphatic heterocycles. The Balaban J connectivity index is 2.91. The van der Waals surface area contributed by atoms with E-state index in [9.17, 15) is 4.39 Å². The minimum absolute atomic E-state index is 0.144. The van der Waals surface area contributed by atoms with Gasteiger partial charge in [0, 0.05) is 22.7 Å². The number of hydrogen-bond donors (Lipinski definition) is 1. The Labute approximate surface area is 93.5 Å². The third-order valence-electron chi connectivity index (χ3n) is 1.85. The van der Waals surface area contributed by atoms with E-state index in [1.54, 1.807) is 13.0 Å². The zero-order chi connectivity index (χ0) is 11.4. The first-order valence-electron chi connectivity index (χ1n) is 4.52. The van der Waals surface area contributed by atoms with Crippen LogP contribution in [0.4, 0.5) is 4.39 Å². The summed E-state index contributed by atoms with van der Waals surface area (Å²) in [5, 5.41) is 0.356. The smallest absolute Gasteiger partial charge is 0.127 e. The van der Waals surface area contributed by atoms with Crippen LogP contribution in [0.5, 0.6) is 5.75 Å². The fourth-order valence-electron chi connectivity index (χ4n) is 1.17. The van der Waals surface area contributed by atoms with Gasteiger partial charge in [-0.1, -0.05) is 24.2 Å². The van der Waals surface area contributed by atoms with Crippen LogP contribution in [0.25, 0.3) is 0 Å². The van der Waals surface area contributed by atoms with Crippen molar-refractivity contribution < 1.29 is 9.13 Å². The van der Waals surface area contributed by atoms with Crippen molar-refractivity contribution in [2.24, 2.45) is 5.73 Å². The van der Waals surface area contributed by atoms with E-state index in [-0.39, 0.29) is 18.5 Å². The standard InChI is InChI=1S/C11H13ClFNO/c1-7(12)6-15-11-5-9(13)3-4-10(11)8(2)14/h3-5,8H,1,6,14H2,2H3/t8-/m1/s1. The molecule has 0 aliphatic rings. The minimum atomic E-state index is -0.366. The molecular formula is C11H13ClFNO. The number of rotatable bonds is 4. The molecule has 0 saturated heterocycles. The molecule has 15 heavy (non-hydrogen) atoms. The van der Waals surface area contributed by atoms with Gasteiger partial charge in [-0.2, -0.15) is 0 Å². The SMILES string of the molecule is C=C(Cl)COc1cc(F)ccc1[C@@H](C)N. The Morgan fingerprint density at radius 3 is 2.87 bits per heavy atom. The van der Waals surface area contributed by atoms with E-state index in [0.717, 1.165) is 5.56 Å². The highest BCUT2D eigenvalue weighted by Gasteiger charge is 2.09. The summed E-state index contributed by atoms with van der Waals surface area (Å²) in [6.07, 6.45) is 0. The maximum Gasteiger partial charge on any atom is 0.127 e. The third kappa shape index (κ3) is 3.53. The molecule has 0 fully saturated rings. The van der Waals surface area contributed by atoms with Gasteiger partial charge in [0.15, 0.2) is 0 Å². The number of benzene rings is 1. The highest BCUT2D eigenvalue weighted by Crippen LogP contribution is 2.25. The van der Waals surface area contributed by atoms with E-state index < -0.39 is 0 Å². The van der Waals surface area contributed by atoms with E-state index >= 15 is 0 Å². The molecule has 0 aromatic heterocycles. The molecule has 0 aliphatic carbocycles. The molecule has 2 N–H and O–H groups in total. The van der Waals surface area contributed by atoms with Crippen LogP contribution < -0.4 is 10.5 Å². The van der Waals surface area contributed by atoms with Crippen LogP contribution in [-0.2, 0) is 0 Å². The summed E-state index contributed by atoms with van der Waals surface area (Å²) in [4.78, 5) is 0. The molecule has 1 rings (SSSR count). The molecule has 1 atom stereocenters. The maximum atomic E-state index is 13.0. The molecule has 0 radical (unpaired) electrons. The minimum Gasteiger partial charge on any atom is -0.488 e. The lowest BCUT2D eigenvalue weighted by Crippen LogP contribution is -2.09. The zero-order valence-electron chi connectivity index (χ0n) is 8.47. The van der Waals surface area contributed by atoms with Crippen molar-refractivity contribution >= 4 is 11.6 Å². The van der Waals surface area contributed by atoms with E-state index in [1.165, 1.54) is 12.1 Å². The summed E-state index contributed by atoms with van der Waals surface area (Å²) in [7, 11) is 0. The van der Waals surface area contributed by atoms with Gasteiger partial charge in [0.1, 0.15) is 18.2 Å². The Morgan fingerprint density at radius 1 is 1.67 bits per heavy atom. The highest BCUT2D eigenvalue weighted by atomic mass is 35.5. The molecule has 0 unspecified atom stereocenters. The van der Waals surface area contributed by atoms with E-state index in [1.807, 2.05) is 0 Å². The molecule has 4 heteroatoms. The Hall–Kier alpha value is -1.06. The molecule has 2 nitrogen and oxygen atoms in total. The second-order valence-electron chi connectivity index (χ2n) is 3.28. The second-order valence-corrected chi connectivity index (χ2v) is 3.81. The first-order valence-corrected chi connectivity index (χ1v) is 4.89. The third-order valence-corrected chi connectivity index (χ3v) is 1.96. The molecule has 0 heterocycles. The van der Waals surface area contributed by atoms with Gasteiger partial charge in [-0.25, -0.2) is 4.39 Å². The molecule has 0 amide bonds. The Kier molecular flexibility index (Phi) is 4.12. The summed E-state index contributed by atoms with van der Waals surface area (Å²) < 4.78 is 18.2. The average molecular weight is 230 g/mol. The lowest BCUT2D eigenvalue weighted by Gasteiger charge is -2.13. The van der Waals surface area contributed by atoms with Gasteiger partial charge >= 0.3 is 0 Å². The second kappa shape index (κ2) is 5.14. The van der Waals surface area contributed by atoms with Crippen LogP contribution in [0.2, 0.25) is 0 Å². The lowest BCUT2D eigenvalue weighted by atomic mass is 10.1. The normalized spacial score (nSPS) is 12.3. The molecule has 1 aromatic rings. The topological polar surface area (TPSA) is 35.2 Å². The van der Waals surface area contributed by atoms with Gasteiger partial charge in [0.25, 0.3) is 0 Å². The molecule has 0 spiro atoms. The largest absolute Gasteiger partial charge is 0.488 e. The predicted octanol–water partition coefficient (Wildman–Crippen LogP) is 2.98. The predicted molar refractivity (Wildman–Crippen MR) is 59.5 cm³/mol. The number of hydrogen-bond acceptors (Lipinski definition) is 2. The van der Waals surface area contributed by atoms with Gasteiger partial charge in [-0.3, -0.25) is 0 Å². The highest BCUT2D eigenvalue weighted by molar-refractivity contribution is 6.29. The quantitative estimate of drug-likeness (QED) is 0.862. The number of nitrogens with two attached hydrogens (primary N) is 1. The first-order chi connectivity index (χ1) is 7.00. The summed E-state index contributed by atoms with van der Waals surface area (Å²) in [5.74, 6) is 0.0429. The molecular weight excluding hydrogens is 217 g/mol. The summed E-state index contributed by atoms with van der Waals surface area (Å²) >= 11 is 5.55. The van der Waals surface area contributed by atoms with Crippen molar-refractivity contribution in [2.45, 2.75) is 13.0 Å². The van der Waals surface area contributed by atoms with Gasteiger partial charge in [0.2, 0.25) is 0 Å². The van der Waals surface area contributed by atoms with Crippen LogP contribution in [0.15, 0.2) is 29.8 Å². The maximum absolute atomic E-state index is 13.0. The fraction of sp³-hybridized carbons (Fsp3) is 0.273. The van der Waals surface area contributed by atoms with Gasteiger partial charge in [0.05, 0.1) is 0 Å². The van der Waals surface area contributed by atoms with Crippen molar-refractivity contribution in [2.75, 3.05) is 6.61 Å².